The van der Waals surface area contributed by atoms with Crippen molar-refractivity contribution in [1.29, 1.82) is 0 Å². The number of hydrogen-bond acceptors (Lipinski definition) is 2. The molecule has 4 nitrogen and oxygen atoms in total. The van der Waals surface area contributed by atoms with E-state index >= 15 is 0 Å². The Morgan fingerprint density at radius 3 is 2.65 bits per heavy atom. The van der Waals surface area contributed by atoms with Gasteiger partial charge in [0.15, 0.2) is 0 Å². The van der Waals surface area contributed by atoms with E-state index in [1.165, 1.54) is 0 Å². The summed E-state index contributed by atoms with van der Waals surface area (Å²) in [4.78, 5) is 26.0. The number of carbonyl (C=O) groups is 2. The largest absolute Gasteiger partial charge is 0.342 e. The van der Waals surface area contributed by atoms with E-state index in [-0.39, 0.29) is 18.2 Å². The molecule has 1 aromatic rings. The maximum Gasteiger partial charge on any atom is 0.252 e. The van der Waals surface area contributed by atoms with Crippen LogP contribution in [0, 0.1) is 0 Å². The van der Waals surface area contributed by atoms with Gasteiger partial charge in [-0.25, -0.2) is 0 Å². The second-order valence-electron chi connectivity index (χ2n) is 5.04. The molecule has 1 fully saturated rings. The predicted octanol–water partition coefficient (Wildman–Crippen LogP) is 3.02. The summed E-state index contributed by atoms with van der Waals surface area (Å²) in [6.45, 7) is 3.90. The van der Waals surface area contributed by atoms with E-state index in [0.717, 1.165) is 0 Å². The molecule has 2 amide bonds. The fourth-order valence-electron chi connectivity index (χ4n) is 2.21. The van der Waals surface area contributed by atoms with Crippen LogP contribution in [0.5, 0.6) is 0 Å². The first kappa shape index (κ1) is 15.1. The zero-order valence-electron chi connectivity index (χ0n) is 11.4. The van der Waals surface area contributed by atoms with Gasteiger partial charge in [0.2, 0.25) is 5.91 Å². The number of carbonyl (C=O) groups excluding carboxylic acids is 2. The Balaban J connectivity index is 2.44. The number of amides is 2. The summed E-state index contributed by atoms with van der Waals surface area (Å²) >= 11 is 12.0. The maximum absolute atomic E-state index is 12.7. The molecule has 0 aromatic heterocycles. The minimum absolute atomic E-state index is 0.129. The second kappa shape index (κ2) is 5.62. The van der Waals surface area contributed by atoms with E-state index in [9.17, 15) is 9.59 Å². The first-order chi connectivity index (χ1) is 9.37. The summed E-state index contributed by atoms with van der Waals surface area (Å²) in [5.74, 6) is -0.287. The molecule has 6 heteroatoms. The zero-order valence-corrected chi connectivity index (χ0v) is 12.9. The van der Waals surface area contributed by atoms with Gasteiger partial charge in [-0.2, -0.15) is 0 Å². The maximum atomic E-state index is 12.7. The third-order valence-corrected chi connectivity index (χ3v) is 4.14. The lowest BCUT2D eigenvalue weighted by Crippen LogP contribution is -2.54. The van der Waals surface area contributed by atoms with Gasteiger partial charge in [-0.05, 0) is 31.5 Å². The highest BCUT2D eigenvalue weighted by atomic mass is 35.5. The average Bonchev–Trinajstić information content (AvgIpc) is 2.50. The molecule has 0 bridgehead atoms. The van der Waals surface area contributed by atoms with Crippen LogP contribution in [-0.4, -0.2) is 23.9 Å². The molecule has 0 aliphatic carbocycles. The highest BCUT2D eigenvalue weighted by molar-refractivity contribution is 6.36. The van der Waals surface area contributed by atoms with Gasteiger partial charge in [0.25, 0.3) is 5.91 Å². The van der Waals surface area contributed by atoms with Gasteiger partial charge in [0.1, 0.15) is 5.54 Å². The number of hydrogen-bond donors (Lipinski definition) is 1. The standard InChI is InChI=1S/C14H16Cl2N2O2/c1-3-14(2)13(20)18(7-6-12(19)17-14)11-5-4-9(15)8-10(11)16/h4-5,8H,3,6-7H2,1-2H3,(H,17,19). The van der Waals surface area contributed by atoms with Crippen LogP contribution in [0.4, 0.5) is 5.69 Å². The van der Waals surface area contributed by atoms with Crippen molar-refractivity contribution in [1.82, 2.24) is 5.32 Å². The van der Waals surface area contributed by atoms with Crippen molar-refractivity contribution in [2.75, 3.05) is 11.4 Å². The van der Waals surface area contributed by atoms with Crippen molar-refractivity contribution in [2.45, 2.75) is 32.2 Å². The summed E-state index contributed by atoms with van der Waals surface area (Å²) in [6, 6.07) is 4.98. The van der Waals surface area contributed by atoms with Gasteiger partial charge in [0, 0.05) is 18.0 Å². The number of nitrogens with one attached hydrogen (secondary N) is 1. The van der Waals surface area contributed by atoms with Crippen molar-refractivity contribution in [2.24, 2.45) is 0 Å². The van der Waals surface area contributed by atoms with Gasteiger partial charge < -0.3 is 10.2 Å². The third kappa shape index (κ3) is 2.76. The van der Waals surface area contributed by atoms with E-state index in [1.54, 1.807) is 30.0 Å². The highest BCUT2D eigenvalue weighted by Crippen LogP contribution is 2.31. The Labute approximate surface area is 128 Å². The van der Waals surface area contributed by atoms with Gasteiger partial charge in [0.05, 0.1) is 10.7 Å². The van der Waals surface area contributed by atoms with Crippen LogP contribution in [0.1, 0.15) is 26.7 Å². The molecule has 1 atom stereocenters. The Bertz CT molecular complexity index is 562. The lowest BCUT2D eigenvalue weighted by molar-refractivity contribution is -0.129. The Kier molecular flexibility index (Phi) is 4.25. The van der Waals surface area contributed by atoms with Gasteiger partial charge in [-0.1, -0.05) is 30.1 Å². The molecule has 0 radical (unpaired) electrons. The zero-order chi connectivity index (χ0) is 14.9. The molecule has 2 rings (SSSR count). The van der Waals surface area contributed by atoms with Crippen molar-refractivity contribution in [3.8, 4) is 0 Å². The molecule has 1 aliphatic rings. The molecule has 1 N–H and O–H groups in total. The quantitative estimate of drug-likeness (QED) is 0.912. The van der Waals surface area contributed by atoms with E-state index in [1.807, 2.05) is 6.92 Å². The fourth-order valence-corrected chi connectivity index (χ4v) is 2.72. The smallest absolute Gasteiger partial charge is 0.252 e. The molecule has 1 heterocycles. The molecule has 20 heavy (non-hydrogen) atoms. The summed E-state index contributed by atoms with van der Waals surface area (Å²) in [7, 11) is 0. The Morgan fingerprint density at radius 1 is 1.35 bits per heavy atom. The van der Waals surface area contributed by atoms with Crippen LogP contribution in [0.3, 0.4) is 0 Å². The first-order valence-corrected chi connectivity index (χ1v) is 7.21. The second-order valence-corrected chi connectivity index (χ2v) is 5.88. The van der Waals surface area contributed by atoms with E-state index in [0.29, 0.717) is 28.7 Å². The molecular formula is C14H16Cl2N2O2. The van der Waals surface area contributed by atoms with Crippen molar-refractivity contribution >= 4 is 40.7 Å². The van der Waals surface area contributed by atoms with E-state index in [2.05, 4.69) is 5.32 Å². The number of anilines is 1. The van der Waals surface area contributed by atoms with Crippen molar-refractivity contribution < 1.29 is 9.59 Å². The van der Waals surface area contributed by atoms with Crippen molar-refractivity contribution in [3.63, 3.8) is 0 Å². The van der Waals surface area contributed by atoms with Crippen LogP contribution < -0.4 is 10.2 Å². The lowest BCUT2D eigenvalue weighted by atomic mass is 9.97. The molecule has 0 spiro atoms. The molecule has 1 unspecified atom stereocenters. The number of halogens is 2. The van der Waals surface area contributed by atoms with Crippen LogP contribution in [0.25, 0.3) is 0 Å². The Hall–Kier alpha value is -1.26. The third-order valence-electron chi connectivity index (χ3n) is 3.60. The molecule has 1 aliphatic heterocycles. The number of rotatable bonds is 2. The monoisotopic (exact) mass is 314 g/mol. The van der Waals surface area contributed by atoms with Crippen LogP contribution in [-0.2, 0) is 9.59 Å². The molecule has 1 aromatic carbocycles. The first-order valence-electron chi connectivity index (χ1n) is 6.45. The molecule has 1 saturated heterocycles. The minimum atomic E-state index is -0.906. The molecule has 0 saturated carbocycles. The van der Waals surface area contributed by atoms with Crippen molar-refractivity contribution in [3.05, 3.63) is 28.2 Å². The van der Waals surface area contributed by atoms with Gasteiger partial charge >= 0.3 is 0 Å². The highest BCUT2D eigenvalue weighted by Gasteiger charge is 2.40. The fraction of sp³-hybridized carbons (Fsp3) is 0.429. The Morgan fingerprint density at radius 2 is 2.05 bits per heavy atom. The van der Waals surface area contributed by atoms with Gasteiger partial charge in [-0.3, -0.25) is 9.59 Å². The SMILES string of the molecule is CCC1(C)NC(=O)CCN(c2ccc(Cl)cc2Cl)C1=O. The normalized spacial score (nSPS) is 23.5. The van der Waals surface area contributed by atoms with E-state index < -0.39 is 5.54 Å². The van der Waals surface area contributed by atoms with Crippen LogP contribution >= 0.6 is 23.2 Å². The van der Waals surface area contributed by atoms with E-state index in [4.69, 9.17) is 23.2 Å². The predicted molar refractivity (Wildman–Crippen MR) is 80.3 cm³/mol. The average molecular weight is 315 g/mol. The lowest BCUT2D eigenvalue weighted by Gasteiger charge is -2.31. The van der Waals surface area contributed by atoms with Crippen LogP contribution in [0.2, 0.25) is 10.0 Å². The topological polar surface area (TPSA) is 49.4 Å². The summed E-state index contributed by atoms with van der Waals surface area (Å²) in [6.07, 6.45) is 0.763. The van der Waals surface area contributed by atoms with Crippen LogP contribution in [0.15, 0.2) is 18.2 Å². The molecule has 108 valence electrons. The molecular weight excluding hydrogens is 299 g/mol. The number of nitrogens with zero attached hydrogens (tertiary/aromatic N) is 1. The summed E-state index contributed by atoms with van der Waals surface area (Å²) in [5, 5.41) is 3.70. The number of benzene rings is 1. The van der Waals surface area contributed by atoms with Gasteiger partial charge in [-0.15, -0.1) is 0 Å². The minimum Gasteiger partial charge on any atom is -0.342 e. The summed E-state index contributed by atoms with van der Waals surface area (Å²) in [5.41, 5.74) is -0.325. The summed E-state index contributed by atoms with van der Waals surface area (Å²) < 4.78 is 0.